The Labute approximate surface area is 108 Å². The van der Waals surface area contributed by atoms with E-state index in [2.05, 4.69) is 0 Å². The lowest BCUT2D eigenvalue weighted by atomic mass is 10.1. The predicted octanol–water partition coefficient (Wildman–Crippen LogP) is 2.07. The molecule has 0 unspecified atom stereocenters. The zero-order valence-corrected chi connectivity index (χ0v) is 10.3. The van der Waals surface area contributed by atoms with E-state index in [1.165, 1.54) is 24.3 Å². The van der Waals surface area contributed by atoms with Crippen LogP contribution in [0.5, 0.6) is 5.75 Å². The summed E-state index contributed by atoms with van der Waals surface area (Å²) in [5.41, 5.74) is -0.0526. The summed E-state index contributed by atoms with van der Waals surface area (Å²) >= 11 is 0. The second-order valence-corrected chi connectivity index (χ2v) is 3.80. The predicted molar refractivity (Wildman–Crippen MR) is 69.8 cm³/mol. The number of aromatic hydroxyl groups is 1. The van der Waals surface area contributed by atoms with E-state index in [1.54, 1.807) is 19.1 Å². The molecule has 1 heterocycles. The molecule has 0 spiro atoms. The average molecular weight is 260 g/mol. The van der Waals surface area contributed by atoms with Crippen LogP contribution in [0.4, 0.5) is 0 Å². The van der Waals surface area contributed by atoms with Gasteiger partial charge in [0.15, 0.2) is 0 Å². The van der Waals surface area contributed by atoms with Crippen molar-refractivity contribution < 1.29 is 19.1 Å². The van der Waals surface area contributed by atoms with Crippen molar-refractivity contribution in [2.45, 2.75) is 6.92 Å². The van der Waals surface area contributed by atoms with Gasteiger partial charge in [-0.2, -0.15) is 0 Å². The minimum absolute atomic E-state index is 0.0189. The summed E-state index contributed by atoms with van der Waals surface area (Å²) in [5.74, 6) is -0.502. The highest BCUT2D eigenvalue weighted by atomic mass is 16.5. The smallest absolute Gasteiger partial charge is 0.343 e. The number of hydrogen-bond acceptors (Lipinski definition) is 5. The van der Waals surface area contributed by atoms with E-state index in [1.807, 2.05) is 0 Å². The Morgan fingerprint density at radius 3 is 2.95 bits per heavy atom. The molecule has 5 heteroatoms. The lowest BCUT2D eigenvalue weighted by molar-refractivity contribution is -0.137. The third-order valence-electron chi connectivity index (χ3n) is 2.43. The Morgan fingerprint density at radius 1 is 1.42 bits per heavy atom. The molecule has 1 aromatic carbocycles. The molecule has 2 rings (SSSR count). The maximum Gasteiger partial charge on any atom is 0.343 e. The summed E-state index contributed by atoms with van der Waals surface area (Å²) in [6.07, 6.45) is 2.51. The number of phenols is 1. The minimum Gasteiger partial charge on any atom is -0.508 e. The van der Waals surface area contributed by atoms with Gasteiger partial charge in [0.05, 0.1) is 12.2 Å². The molecule has 98 valence electrons. The number of esters is 1. The van der Waals surface area contributed by atoms with Crippen molar-refractivity contribution in [2.24, 2.45) is 0 Å². The Balaban J connectivity index is 2.39. The molecular weight excluding hydrogens is 248 g/mol. The van der Waals surface area contributed by atoms with Gasteiger partial charge >= 0.3 is 11.6 Å². The molecule has 2 aromatic rings. The maximum absolute atomic E-state index is 11.7. The first-order valence-electron chi connectivity index (χ1n) is 5.72. The number of phenolic OH excluding ortho intramolecular Hbond substituents is 1. The van der Waals surface area contributed by atoms with E-state index in [4.69, 9.17) is 9.15 Å². The molecule has 0 aliphatic carbocycles. The van der Waals surface area contributed by atoms with E-state index >= 15 is 0 Å². The van der Waals surface area contributed by atoms with Crippen molar-refractivity contribution in [3.05, 3.63) is 46.3 Å². The van der Waals surface area contributed by atoms with Crippen molar-refractivity contribution in [2.75, 3.05) is 6.61 Å². The van der Waals surface area contributed by atoms with Crippen LogP contribution in [0.1, 0.15) is 12.5 Å². The molecule has 0 amide bonds. The van der Waals surface area contributed by atoms with Gasteiger partial charge in [-0.05, 0) is 31.2 Å². The quantitative estimate of drug-likeness (QED) is 0.519. The second kappa shape index (κ2) is 5.39. The summed E-state index contributed by atoms with van der Waals surface area (Å²) in [6, 6.07) is 6.04. The Hall–Kier alpha value is -2.56. The number of fused-ring (bicyclic) bond motifs is 1. The third kappa shape index (κ3) is 3.01. The molecule has 1 N–H and O–H groups in total. The van der Waals surface area contributed by atoms with Gasteiger partial charge in [-0.3, -0.25) is 0 Å². The molecule has 1 aromatic heterocycles. The number of ether oxygens (including phenoxy) is 1. The lowest BCUT2D eigenvalue weighted by Crippen LogP contribution is -2.04. The van der Waals surface area contributed by atoms with Crippen LogP contribution < -0.4 is 5.63 Å². The maximum atomic E-state index is 11.7. The van der Waals surface area contributed by atoms with E-state index in [-0.39, 0.29) is 17.9 Å². The van der Waals surface area contributed by atoms with Crippen LogP contribution in [0.3, 0.4) is 0 Å². The Kier molecular flexibility index (Phi) is 3.66. The van der Waals surface area contributed by atoms with Gasteiger partial charge in [0.25, 0.3) is 0 Å². The molecular formula is C14H12O5. The molecule has 0 aliphatic heterocycles. The van der Waals surface area contributed by atoms with Gasteiger partial charge in [-0.15, -0.1) is 0 Å². The first kappa shape index (κ1) is 12.9. The van der Waals surface area contributed by atoms with Crippen LogP contribution in [0, 0.1) is 0 Å². The standard InChI is InChI=1S/C14H12O5/c1-2-18-13(16)6-4-10-7-9-3-5-11(15)8-12(9)19-14(10)17/h3-8,15H,2H2,1H3. The van der Waals surface area contributed by atoms with Crippen LogP contribution in [0.25, 0.3) is 17.0 Å². The summed E-state index contributed by atoms with van der Waals surface area (Å²) in [4.78, 5) is 22.8. The van der Waals surface area contributed by atoms with Crippen LogP contribution in [-0.4, -0.2) is 17.7 Å². The van der Waals surface area contributed by atoms with Gasteiger partial charge in [0, 0.05) is 17.5 Å². The number of carbonyl (C=O) groups is 1. The molecule has 0 aliphatic rings. The zero-order chi connectivity index (χ0) is 13.8. The van der Waals surface area contributed by atoms with Crippen molar-refractivity contribution in [1.82, 2.24) is 0 Å². The molecule has 0 bridgehead atoms. The van der Waals surface area contributed by atoms with Crippen LogP contribution in [-0.2, 0) is 9.53 Å². The Bertz CT molecular complexity index is 697. The highest BCUT2D eigenvalue weighted by molar-refractivity contribution is 5.88. The molecule has 0 fully saturated rings. The van der Waals surface area contributed by atoms with Crippen molar-refractivity contribution in [3.8, 4) is 5.75 Å². The van der Waals surface area contributed by atoms with Gasteiger partial charge in [-0.1, -0.05) is 0 Å². The van der Waals surface area contributed by atoms with Crippen LogP contribution >= 0.6 is 0 Å². The zero-order valence-electron chi connectivity index (χ0n) is 10.3. The molecule has 5 nitrogen and oxygen atoms in total. The molecule has 0 atom stereocenters. The first-order chi connectivity index (χ1) is 9.10. The Morgan fingerprint density at radius 2 is 2.21 bits per heavy atom. The highest BCUT2D eigenvalue weighted by Crippen LogP contribution is 2.19. The van der Waals surface area contributed by atoms with E-state index in [0.29, 0.717) is 11.0 Å². The van der Waals surface area contributed by atoms with Gasteiger partial charge < -0.3 is 14.3 Å². The largest absolute Gasteiger partial charge is 0.508 e. The van der Waals surface area contributed by atoms with Gasteiger partial charge in [-0.25, -0.2) is 9.59 Å². The minimum atomic E-state index is -0.585. The van der Waals surface area contributed by atoms with Gasteiger partial charge in [0.1, 0.15) is 11.3 Å². The molecule has 19 heavy (non-hydrogen) atoms. The number of rotatable bonds is 3. The molecule has 0 saturated carbocycles. The SMILES string of the molecule is CCOC(=O)C=Cc1cc2ccc(O)cc2oc1=O. The van der Waals surface area contributed by atoms with E-state index in [9.17, 15) is 14.7 Å². The monoisotopic (exact) mass is 260 g/mol. The number of benzene rings is 1. The van der Waals surface area contributed by atoms with Crippen LogP contribution in [0.2, 0.25) is 0 Å². The fourth-order valence-corrected chi connectivity index (χ4v) is 1.58. The van der Waals surface area contributed by atoms with Crippen molar-refractivity contribution in [3.63, 3.8) is 0 Å². The fraction of sp³-hybridized carbons (Fsp3) is 0.143. The first-order valence-corrected chi connectivity index (χ1v) is 5.72. The van der Waals surface area contributed by atoms with Crippen molar-refractivity contribution in [1.29, 1.82) is 0 Å². The summed E-state index contributed by atoms with van der Waals surface area (Å²) in [7, 11) is 0. The van der Waals surface area contributed by atoms with Crippen LogP contribution in [0.15, 0.2) is 39.6 Å². The summed E-state index contributed by atoms with van der Waals surface area (Å²) in [6.45, 7) is 1.97. The summed E-state index contributed by atoms with van der Waals surface area (Å²) in [5, 5.41) is 9.94. The topological polar surface area (TPSA) is 76.7 Å². The second-order valence-electron chi connectivity index (χ2n) is 3.80. The third-order valence-corrected chi connectivity index (χ3v) is 2.43. The highest BCUT2D eigenvalue weighted by Gasteiger charge is 2.04. The number of carbonyl (C=O) groups excluding carboxylic acids is 1. The van der Waals surface area contributed by atoms with Crippen molar-refractivity contribution >= 4 is 23.0 Å². The fourth-order valence-electron chi connectivity index (χ4n) is 1.58. The normalized spacial score (nSPS) is 11.0. The molecule has 0 radical (unpaired) electrons. The molecule has 0 saturated heterocycles. The average Bonchev–Trinajstić information content (AvgIpc) is 2.36. The van der Waals surface area contributed by atoms with E-state index < -0.39 is 11.6 Å². The number of hydrogen-bond donors (Lipinski definition) is 1. The van der Waals surface area contributed by atoms with Gasteiger partial charge in [0.2, 0.25) is 0 Å². The van der Waals surface area contributed by atoms with E-state index in [0.717, 1.165) is 0 Å². The lowest BCUT2D eigenvalue weighted by Gasteiger charge is -1.99. The summed E-state index contributed by atoms with van der Waals surface area (Å²) < 4.78 is 9.76.